The molecule has 3 rings (SSSR count). The van der Waals surface area contributed by atoms with Crippen molar-refractivity contribution >= 4 is 17.4 Å². The van der Waals surface area contributed by atoms with Gasteiger partial charge in [0.15, 0.2) is 5.78 Å². The Balaban J connectivity index is 1.63. The molecule has 0 heterocycles. The fourth-order valence-electron chi connectivity index (χ4n) is 2.44. The van der Waals surface area contributed by atoms with Gasteiger partial charge in [-0.1, -0.05) is 41.9 Å². The summed E-state index contributed by atoms with van der Waals surface area (Å²) < 4.78 is 0. The molecule has 0 aliphatic heterocycles. The summed E-state index contributed by atoms with van der Waals surface area (Å²) in [4.78, 5) is 12.3. The van der Waals surface area contributed by atoms with Crippen LogP contribution in [-0.2, 0) is 6.42 Å². The molecule has 1 aliphatic carbocycles. The van der Waals surface area contributed by atoms with Crippen molar-refractivity contribution in [3.63, 3.8) is 0 Å². The molecule has 102 valence electrons. The molecular formula is C18H17ClO. The highest BCUT2D eigenvalue weighted by molar-refractivity contribution is 6.30. The summed E-state index contributed by atoms with van der Waals surface area (Å²) in [7, 11) is 0. The molecule has 1 nitrogen and oxygen atoms in total. The first-order valence-electron chi connectivity index (χ1n) is 7.10. The smallest absolute Gasteiger partial charge is 0.163 e. The van der Waals surface area contributed by atoms with Crippen molar-refractivity contribution < 1.29 is 4.79 Å². The van der Waals surface area contributed by atoms with Crippen molar-refractivity contribution in [3.8, 4) is 0 Å². The molecule has 1 fully saturated rings. The summed E-state index contributed by atoms with van der Waals surface area (Å²) in [6.45, 7) is 0. The average molecular weight is 285 g/mol. The third-order valence-corrected chi connectivity index (χ3v) is 4.06. The van der Waals surface area contributed by atoms with Gasteiger partial charge in [0.1, 0.15) is 0 Å². The van der Waals surface area contributed by atoms with Gasteiger partial charge in [-0.3, -0.25) is 4.79 Å². The predicted octanol–water partition coefficient (Wildman–Crippen LogP) is 5.03. The van der Waals surface area contributed by atoms with E-state index in [9.17, 15) is 4.79 Å². The van der Waals surface area contributed by atoms with Crippen LogP contribution in [0, 0.1) is 0 Å². The summed E-state index contributed by atoms with van der Waals surface area (Å²) in [6, 6.07) is 15.8. The maximum atomic E-state index is 12.3. The number of carbonyl (C=O) groups is 1. The SMILES string of the molecule is O=C(CCc1ccc(Cl)cc1)c1cccc(C2CC2)c1. The van der Waals surface area contributed by atoms with E-state index in [4.69, 9.17) is 11.6 Å². The van der Waals surface area contributed by atoms with Crippen LogP contribution in [0.1, 0.15) is 46.7 Å². The lowest BCUT2D eigenvalue weighted by molar-refractivity contribution is 0.0983. The van der Waals surface area contributed by atoms with E-state index in [1.165, 1.54) is 18.4 Å². The third-order valence-electron chi connectivity index (χ3n) is 3.81. The monoisotopic (exact) mass is 284 g/mol. The topological polar surface area (TPSA) is 17.1 Å². The van der Waals surface area contributed by atoms with Crippen LogP contribution in [0.3, 0.4) is 0 Å². The minimum Gasteiger partial charge on any atom is -0.294 e. The summed E-state index contributed by atoms with van der Waals surface area (Å²) in [6.07, 6.45) is 3.85. The number of Topliss-reactive ketones (excluding diaryl/α,β-unsaturated/α-hetero) is 1. The highest BCUT2D eigenvalue weighted by Crippen LogP contribution is 2.40. The van der Waals surface area contributed by atoms with Gasteiger partial charge in [-0.25, -0.2) is 0 Å². The largest absolute Gasteiger partial charge is 0.294 e. The molecule has 0 bridgehead atoms. The zero-order chi connectivity index (χ0) is 13.9. The van der Waals surface area contributed by atoms with E-state index in [1.54, 1.807) is 0 Å². The van der Waals surface area contributed by atoms with E-state index in [0.29, 0.717) is 12.3 Å². The van der Waals surface area contributed by atoms with Gasteiger partial charge in [0.2, 0.25) is 0 Å². The minimum absolute atomic E-state index is 0.224. The molecule has 0 unspecified atom stereocenters. The Hall–Kier alpha value is -1.60. The van der Waals surface area contributed by atoms with Gasteiger partial charge >= 0.3 is 0 Å². The number of hydrogen-bond donors (Lipinski definition) is 0. The standard InChI is InChI=1S/C18H17ClO/c19-17-9-4-13(5-10-17)6-11-18(20)16-3-1-2-15(12-16)14-7-8-14/h1-5,9-10,12,14H,6-8,11H2. The van der Waals surface area contributed by atoms with Crippen LogP contribution < -0.4 is 0 Å². The summed E-state index contributed by atoms with van der Waals surface area (Å²) in [5.41, 5.74) is 3.33. The second-order valence-electron chi connectivity index (χ2n) is 5.45. The lowest BCUT2D eigenvalue weighted by atomic mass is 10.00. The molecule has 1 saturated carbocycles. The van der Waals surface area contributed by atoms with E-state index in [2.05, 4.69) is 12.1 Å². The van der Waals surface area contributed by atoms with E-state index >= 15 is 0 Å². The summed E-state index contributed by atoms with van der Waals surface area (Å²) >= 11 is 5.86. The Morgan fingerprint density at radius 3 is 2.55 bits per heavy atom. The van der Waals surface area contributed by atoms with Crippen molar-refractivity contribution in [3.05, 3.63) is 70.2 Å². The average Bonchev–Trinajstić information content (AvgIpc) is 3.31. The normalized spacial score (nSPS) is 14.2. The second kappa shape index (κ2) is 5.80. The molecule has 0 radical (unpaired) electrons. The molecule has 2 heteroatoms. The fourth-order valence-corrected chi connectivity index (χ4v) is 2.56. The number of rotatable bonds is 5. The van der Waals surface area contributed by atoms with E-state index in [1.807, 2.05) is 36.4 Å². The Morgan fingerprint density at radius 1 is 1.10 bits per heavy atom. The Kier molecular flexibility index (Phi) is 3.88. The molecule has 0 spiro atoms. The van der Waals surface area contributed by atoms with Crippen molar-refractivity contribution in [2.45, 2.75) is 31.6 Å². The molecule has 0 atom stereocenters. The summed E-state index contributed by atoms with van der Waals surface area (Å²) in [5.74, 6) is 0.918. The van der Waals surface area contributed by atoms with E-state index < -0.39 is 0 Å². The molecule has 0 saturated heterocycles. The van der Waals surface area contributed by atoms with E-state index in [-0.39, 0.29) is 5.78 Å². The first-order valence-corrected chi connectivity index (χ1v) is 7.48. The van der Waals surface area contributed by atoms with Crippen LogP contribution in [0.5, 0.6) is 0 Å². The molecule has 2 aromatic rings. The number of carbonyl (C=O) groups excluding carboxylic acids is 1. The molecule has 2 aromatic carbocycles. The van der Waals surface area contributed by atoms with Crippen molar-refractivity contribution in [1.29, 1.82) is 0 Å². The second-order valence-corrected chi connectivity index (χ2v) is 5.89. The maximum Gasteiger partial charge on any atom is 0.163 e. The van der Waals surface area contributed by atoms with Gasteiger partial charge < -0.3 is 0 Å². The van der Waals surface area contributed by atoms with Crippen molar-refractivity contribution in [2.24, 2.45) is 0 Å². The summed E-state index contributed by atoms with van der Waals surface area (Å²) in [5, 5.41) is 0.734. The molecular weight excluding hydrogens is 268 g/mol. The van der Waals surface area contributed by atoms with Gasteiger partial charge in [-0.2, -0.15) is 0 Å². The maximum absolute atomic E-state index is 12.3. The highest BCUT2D eigenvalue weighted by atomic mass is 35.5. The zero-order valence-corrected chi connectivity index (χ0v) is 12.1. The predicted molar refractivity (Wildman–Crippen MR) is 82.5 cm³/mol. The Morgan fingerprint density at radius 2 is 1.85 bits per heavy atom. The first-order chi connectivity index (χ1) is 9.72. The van der Waals surface area contributed by atoms with E-state index in [0.717, 1.165) is 22.6 Å². The van der Waals surface area contributed by atoms with Gasteiger partial charge in [-0.05, 0) is 54.5 Å². The van der Waals surface area contributed by atoms with Crippen LogP contribution in [0.25, 0.3) is 0 Å². The minimum atomic E-state index is 0.224. The molecule has 0 amide bonds. The van der Waals surface area contributed by atoms with Gasteiger partial charge in [0, 0.05) is 17.0 Å². The van der Waals surface area contributed by atoms with Crippen LogP contribution in [0.15, 0.2) is 48.5 Å². The van der Waals surface area contributed by atoms with Gasteiger partial charge in [0.25, 0.3) is 0 Å². The van der Waals surface area contributed by atoms with Crippen LogP contribution in [-0.4, -0.2) is 5.78 Å². The lowest BCUT2D eigenvalue weighted by Gasteiger charge is -2.04. The van der Waals surface area contributed by atoms with Gasteiger partial charge in [-0.15, -0.1) is 0 Å². The number of halogens is 1. The number of hydrogen-bond acceptors (Lipinski definition) is 1. The number of benzene rings is 2. The molecule has 0 N–H and O–H groups in total. The van der Waals surface area contributed by atoms with Crippen LogP contribution in [0.4, 0.5) is 0 Å². The Labute approximate surface area is 124 Å². The van der Waals surface area contributed by atoms with Crippen LogP contribution >= 0.6 is 11.6 Å². The number of ketones is 1. The number of aryl methyl sites for hydroxylation is 1. The zero-order valence-electron chi connectivity index (χ0n) is 11.3. The quantitative estimate of drug-likeness (QED) is 0.704. The van der Waals surface area contributed by atoms with Crippen LogP contribution in [0.2, 0.25) is 5.02 Å². The van der Waals surface area contributed by atoms with Crippen molar-refractivity contribution in [2.75, 3.05) is 0 Å². The van der Waals surface area contributed by atoms with Gasteiger partial charge in [0.05, 0.1) is 0 Å². The van der Waals surface area contributed by atoms with Crippen molar-refractivity contribution in [1.82, 2.24) is 0 Å². The molecule has 1 aliphatic rings. The lowest BCUT2D eigenvalue weighted by Crippen LogP contribution is -2.01. The third kappa shape index (κ3) is 3.29. The fraction of sp³-hybridized carbons (Fsp3) is 0.278. The highest BCUT2D eigenvalue weighted by Gasteiger charge is 2.23. The first kappa shape index (κ1) is 13.4. The Bertz CT molecular complexity index is 612. The molecule has 0 aromatic heterocycles. The molecule has 20 heavy (non-hydrogen) atoms.